The molecule has 1 saturated heterocycles. The van der Waals surface area contributed by atoms with Crippen molar-refractivity contribution in [3.63, 3.8) is 0 Å². The second-order valence-corrected chi connectivity index (χ2v) is 8.61. The first kappa shape index (κ1) is 24.9. The molecule has 1 fully saturated rings. The van der Waals surface area contributed by atoms with Crippen molar-refractivity contribution in [3.8, 4) is 28.7 Å². The van der Waals surface area contributed by atoms with Gasteiger partial charge in [0.25, 0.3) is 11.7 Å². The number of pyridine rings is 1. The number of aromatic nitrogens is 1. The Bertz CT molecular complexity index is 1390. The summed E-state index contributed by atoms with van der Waals surface area (Å²) in [6, 6.07) is 10.8. The fourth-order valence-corrected chi connectivity index (χ4v) is 4.68. The van der Waals surface area contributed by atoms with Crippen molar-refractivity contribution in [3.05, 3.63) is 77.1 Å². The summed E-state index contributed by atoms with van der Waals surface area (Å²) in [5, 5.41) is 11.5. The van der Waals surface area contributed by atoms with Gasteiger partial charge in [-0.1, -0.05) is 6.07 Å². The molecule has 10 nitrogen and oxygen atoms in total. The molecule has 1 atom stereocenters. The van der Waals surface area contributed by atoms with Gasteiger partial charge in [0, 0.05) is 24.5 Å². The molecule has 2 aliphatic rings. The molecule has 0 bridgehead atoms. The van der Waals surface area contributed by atoms with Gasteiger partial charge in [-0.3, -0.25) is 14.6 Å². The van der Waals surface area contributed by atoms with Crippen LogP contribution in [0.25, 0.3) is 5.76 Å². The Morgan fingerprint density at radius 2 is 1.71 bits per heavy atom. The monoisotopic (exact) mass is 518 g/mol. The predicted octanol–water partition coefficient (Wildman–Crippen LogP) is 3.50. The lowest BCUT2D eigenvalue weighted by molar-refractivity contribution is -0.140. The Hall–Kier alpha value is -4.73. The second-order valence-electron chi connectivity index (χ2n) is 8.61. The van der Waals surface area contributed by atoms with Crippen molar-refractivity contribution in [2.45, 2.75) is 12.6 Å². The minimum Gasteiger partial charge on any atom is -0.507 e. The first-order valence-corrected chi connectivity index (χ1v) is 11.8. The van der Waals surface area contributed by atoms with E-state index < -0.39 is 17.7 Å². The lowest BCUT2D eigenvalue weighted by Crippen LogP contribution is -2.29. The zero-order valence-corrected chi connectivity index (χ0v) is 21.1. The molecule has 3 heterocycles. The average Bonchev–Trinajstić information content (AvgIpc) is 3.21. The van der Waals surface area contributed by atoms with Crippen LogP contribution in [0, 0.1) is 0 Å². The summed E-state index contributed by atoms with van der Waals surface area (Å²) in [7, 11) is 4.43. The van der Waals surface area contributed by atoms with E-state index >= 15 is 0 Å². The van der Waals surface area contributed by atoms with Gasteiger partial charge in [0.05, 0.1) is 32.9 Å². The van der Waals surface area contributed by atoms with Crippen molar-refractivity contribution < 1.29 is 38.4 Å². The van der Waals surface area contributed by atoms with E-state index in [0.717, 1.165) is 0 Å². The third kappa shape index (κ3) is 4.34. The molecule has 1 unspecified atom stereocenters. The minimum absolute atomic E-state index is 0.0789. The van der Waals surface area contributed by atoms with Crippen LogP contribution in [0.4, 0.5) is 0 Å². The summed E-state index contributed by atoms with van der Waals surface area (Å²) >= 11 is 0. The number of carbonyl (C=O) groups excluding carboxylic acids is 2. The molecular weight excluding hydrogens is 492 g/mol. The summed E-state index contributed by atoms with van der Waals surface area (Å²) in [6.45, 7) is 0.856. The molecule has 38 heavy (non-hydrogen) atoms. The number of aliphatic hydroxyl groups excluding tert-OH is 1. The second kappa shape index (κ2) is 10.3. The average molecular weight is 519 g/mol. The zero-order valence-electron chi connectivity index (χ0n) is 21.1. The van der Waals surface area contributed by atoms with E-state index in [4.69, 9.17) is 23.7 Å². The number of carbonyl (C=O) groups is 2. The fourth-order valence-electron chi connectivity index (χ4n) is 4.68. The molecule has 0 radical (unpaired) electrons. The van der Waals surface area contributed by atoms with Crippen molar-refractivity contribution in [1.82, 2.24) is 9.88 Å². The van der Waals surface area contributed by atoms with Gasteiger partial charge in [0.15, 0.2) is 23.0 Å². The van der Waals surface area contributed by atoms with E-state index in [9.17, 15) is 14.7 Å². The predicted molar refractivity (Wildman–Crippen MR) is 136 cm³/mol. The van der Waals surface area contributed by atoms with Crippen molar-refractivity contribution in [2.24, 2.45) is 0 Å². The van der Waals surface area contributed by atoms with Gasteiger partial charge in [0.1, 0.15) is 19.0 Å². The SMILES string of the molecule is COc1cc(C2/C(=C(\O)c3ccc4c(c3)OCCO4)C(=O)C(=O)N2Cc2cccnc2)cc(OC)c1OC. The highest BCUT2D eigenvalue weighted by atomic mass is 16.6. The molecule has 2 aliphatic heterocycles. The van der Waals surface area contributed by atoms with E-state index in [1.807, 2.05) is 0 Å². The van der Waals surface area contributed by atoms with Crippen LogP contribution in [0.3, 0.4) is 0 Å². The van der Waals surface area contributed by atoms with Crippen molar-refractivity contribution in [2.75, 3.05) is 34.5 Å². The number of hydrogen-bond donors (Lipinski definition) is 1. The van der Waals surface area contributed by atoms with Crippen molar-refractivity contribution in [1.29, 1.82) is 0 Å². The van der Waals surface area contributed by atoms with E-state index in [2.05, 4.69) is 4.98 Å². The van der Waals surface area contributed by atoms with Gasteiger partial charge in [-0.2, -0.15) is 0 Å². The van der Waals surface area contributed by atoms with Crippen LogP contribution in [-0.2, 0) is 16.1 Å². The number of ketones is 1. The number of rotatable bonds is 7. The van der Waals surface area contributed by atoms with E-state index in [1.165, 1.54) is 26.2 Å². The van der Waals surface area contributed by atoms with Gasteiger partial charge in [-0.05, 0) is 47.5 Å². The molecule has 2 aromatic carbocycles. The highest BCUT2D eigenvalue weighted by Gasteiger charge is 2.46. The summed E-state index contributed by atoms with van der Waals surface area (Å²) in [4.78, 5) is 32.4. The van der Waals surface area contributed by atoms with E-state index in [-0.39, 0.29) is 17.9 Å². The number of likely N-dealkylation sites (tertiary alicyclic amines) is 1. The number of aliphatic hydroxyl groups is 1. The number of nitrogens with zero attached hydrogens (tertiary/aromatic N) is 2. The summed E-state index contributed by atoms with van der Waals surface area (Å²) in [5.74, 6) is 0.0933. The Labute approximate surface area is 219 Å². The number of Topliss-reactive ketones (excluding diaryl/α,β-unsaturated/α-hetero) is 1. The number of ether oxygens (including phenoxy) is 5. The van der Waals surface area contributed by atoms with E-state index in [1.54, 1.807) is 54.9 Å². The van der Waals surface area contributed by atoms with Gasteiger partial charge >= 0.3 is 0 Å². The van der Waals surface area contributed by atoms with Crippen LogP contribution in [-0.4, -0.2) is 61.2 Å². The molecule has 0 saturated carbocycles. The van der Waals surface area contributed by atoms with Crippen LogP contribution >= 0.6 is 0 Å². The molecule has 196 valence electrons. The molecule has 0 spiro atoms. The van der Waals surface area contributed by atoms with Gasteiger partial charge in [-0.25, -0.2) is 0 Å². The molecule has 5 rings (SSSR count). The van der Waals surface area contributed by atoms with Crippen molar-refractivity contribution >= 4 is 17.4 Å². The molecular formula is C28H26N2O8. The molecule has 1 aromatic heterocycles. The summed E-state index contributed by atoms with van der Waals surface area (Å²) < 4.78 is 27.7. The maximum Gasteiger partial charge on any atom is 0.295 e. The van der Waals surface area contributed by atoms with Crippen LogP contribution in [0.1, 0.15) is 22.7 Å². The minimum atomic E-state index is -0.961. The molecule has 0 aliphatic carbocycles. The topological polar surface area (TPSA) is 117 Å². The number of benzene rings is 2. The van der Waals surface area contributed by atoms with Gasteiger partial charge in [-0.15, -0.1) is 0 Å². The molecule has 10 heteroatoms. The van der Waals surface area contributed by atoms with Gasteiger partial charge in [0.2, 0.25) is 5.75 Å². The summed E-state index contributed by atoms with van der Waals surface area (Å²) in [5.41, 5.74) is 1.43. The lowest BCUT2D eigenvalue weighted by atomic mass is 9.94. The number of fused-ring (bicyclic) bond motifs is 1. The van der Waals surface area contributed by atoms with Crippen LogP contribution in [0.5, 0.6) is 28.7 Å². The fraction of sp³-hybridized carbons (Fsp3) is 0.250. The normalized spacial score (nSPS) is 17.9. The zero-order chi connectivity index (χ0) is 26.8. The number of methoxy groups -OCH3 is 3. The third-order valence-electron chi connectivity index (χ3n) is 6.43. The van der Waals surface area contributed by atoms with Gasteiger partial charge < -0.3 is 33.7 Å². The molecule has 1 amide bonds. The largest absolute Gasteiger partial charge is 0.507 e. The van der Waals surface area contributed by atoms with Crippen LogP contribution in [0.2, 0.25) is 0 Å². The molecule has 3 aromatic rings. The highest BCUT2D eigenvalue weighted by Crippen LogP contribution is 2.46. The van der Waals surface area contributed by atoms with E-state index in [0.29, 0.717) is 58.7 Å². The number of hydrogen-bond acceptors (Lipinski definition) is 9. The lowest BCUT2D eigenvalue weighted by Gasteiger charge is -2.26. The Morgan fingerprint density at radius 1 is 1.00 bits per heavy atom. The van der Waals surface area contributed by atoms with Crippen LogP contribution in [0.15, 0.2) is 60.4 Å². The molecule has 1 N–H and O–H groups in total. The third-order valence-corrected chi connectivity index (χ3v) is 6.43. The standard InChI is InChI=1S/C28H26N2O8/c1-34-21-12-18(13-22(35-2)27(21)36-3)24-23(25(31)17-6-7-19-20(11-17)38-10-9-37-19)26(32)28(33)30(24)15-16-5-4-8-29-14-16/h4-8,11-14,24,31H,9-10,15H2,1-3H3/b25-23+. The summed E-state index contributed by atoms with van der Waals surface area (Å²) in [6.07, 6.45) is 3.24. The quantitative estimate of drug-likeness (QED) is 0.285. The smallest absolute Gasteiger partial charge is 0.295 e. The Balaban J connectivity index is 1.70. The maximum absolute atomic E-state index is 13.5. The maximum atomic E-state index is 13.5. The Kier molecular flexibility index (Phi) is 6.78. The first-order valence-electron chi connectivity index (χ1n) is 11.8. The van der Waals surface area contributed by atoms with Crippen LogP contribution < -0.4 is 23.7 Å². The Morgan fingerprint density at radius 3 is 2.34 bits per heavy atom. The first-order chi connectivity index (χ1) is 18.5. The highest BCUT2D eigenvalue weighted by molar-refractivity contribution is 6.46. The number of amides is 1.